The smallest absolute Gasteiger partial charge is 0.298 e. The van der Waals surface area contributed by atoms with Crippen LogP contribution in [0.3, 0.4) is 0 Å². The van der Waals surface area contributed by atoms with Crippen LogP contribution in [-0.2, 0) is 14.3 Å². The second kappa shape index (κ2) is 9.41. The number of carbonyl (C=O) groups is 2. The molecule has 0 unspecified atom stereocenters. The van der Waals surface area contributed by atoms with Crippen LogP contribution in [0.5, 0.6) is 0 Å². The van der Waals surface area contributed by atoms with Crippen LogP contribution in [0, 0.1) is 11.8 Å². The second-order valence-electron chi connectivity index (χ2n) is 5.16. The van der Waals surface area contributed by atoms with Crippen molar-refractivity contribution in [2.75, 3.05) is 32.8 Å². The van der Waals surface area contributed by atoms with Gasteiger partial charge in [-0.2, -0.15) is 0 Å². The highest BCUT2D eigenvalue weighted by molar-refractivity contribution is 5.93. The minimum Gasteiger partial charge on any atom is -0.382 e. The van der Waals surface area contributed by atoms with Gasteiger partial charge in [0.25, 0.3) is 5.91 Å². The molecular formula is C16H26N2O3. The van der Waals surface area contributed by atoms with Gasteiger partial charge in [-0.1, -0.05) is 5.92 Å². The summed E-state index contributed by atoms with van der Waals surface area (Å²) in [6.07, 6.45) is 2.47. The maximum Gasteiger partial charge on any atom is 0.298 e. The van der Waals surface area contributed by atoms with Gasteiger partial charge in [-0.25, -0.2) is 0 Å². The van der Waals surface area contributed by atoms with Gasteiger partial charge in [0, 0.05) is 45.8 Å². The maximum atomic E-state index is 12.2. The summed E-state index contributed by atoms with van der Waals surface area (Å²) in [4.78, 5) is 27.2. The van der Waals surface area contributed by atoms with Gasteiger partial charge in [-0.3, -0.25) is 9.59 Å². The molecule has 1 saturated heterocycles. The van der Waals surface area contributed by atoms with Gasteiger partial charge in [-0.05, 0) is 39.0 Å². The van der Waals surface area contributed by atoms with E-state index in [0.29, 0.717) is 19.8 Å². The first kappa shape index (κ1) is 17.5. The molecule has 0 aromatic carbocycles. The van der Waals surface area contributed by atoms with E-state index in [1.165, 1.54) is 0 Å². The molecule has 2 amide bonds. The van der Waals surface area contributed by atoms with Crippen LogP contribution in [0.1, 0.15) is 40.0 Å². The maximum absolute atomic E-state index is 12.2. The van der Waals surface area contributed by atoms with Gasteiger partial charge in [0.1, 0.15) is 0 Å². The number of nitrogens with zero attached hydrogens (tertiary/aromatic N) is 2. The Morgan fingerprint density at radius 3 is 2.52 bits per heavy atom. The molecule has 0 aliphatic carbocycles. The standard InChI is InChI=1S/C16H26N2O3/c1-4-7-16(20)18(10-6-13-21-5-2)15-8-11-17(12-9-15)14(3)19/h15H,5-6,8-13H2,1-3H3. The predicted molar refractivity (Wildman–Crippen MR) is 81.5 cm³/mol. The number of hydrogen-bond acceptors (Lipinski definition) is 3. The van der Waals surface area contributed by atoms with Gasteiger partial charge >= 0.3 is 0 Å². The molecule has 21 heavy (non-hydrogen) atoms. The lowest BCUT2D eigenvalue weighted by atomic mass is 10.0. The molecule has 5 nitrogen and oxygen atoms in total. The number of hydrogen-bond donors (Lipinski definition) is 0. The van der Waals surface area contributed by atoms with E-state index in [-0.39, 0.29) is 17.9 Å². The van der Waals surface area contributed by atoms with Crippen LogP contribution < -0.4 is 0 Å². The van der Waals surface area contributed by atoms with E-state index < -0.39 is 0 Å². The van der Waals surface area contributed by atoms with Crippen molar-refractivity contribution in [3.05, 3.63) is 0 Å². The molecular weight excluding hydrogens is 268 g/mol. The van der Waals surface area contributed by atoms with Gasteiger partial charge in [0.05, 0.1) is 0 Å². The summed E-state index contributed by atoms with van der Waals surface area (Å²) in [5.41, 5.74) is 0. The highest BCUT2D eigenvalue weighted by atomic mass is 16.5. The molecule has 118 valence electrons. The zero-order chi connectivity index (χ0) is 15.7. The molecule has 0 atom stereocenters. The molecule has 0 aromatic rings. The first-order chi connectivity index (χ1) is 10.1. The van der Waals surface area contributed by atoms with E-state index >= 15 is 0 Å². The first-order valence-corrected chi connectivity index (χ1v) is 7.66. The number of piperidine rings is 1. The summed E-state index contributed by atoms with van der Waals surface area (Å²) in [5, 5.41) is 0. The Labute approximate surface area is 127 Å². The molecule has 0 saturated carbocycles. The number of rotatable bonds is 6. The fourth-order valence-electron chi connectivity index (χ4n) is 2.60. The third kappa shape index (κ3) is 5.76. The molecule has 5 heteroatoms. The van der Waals surface area contributed by atoms with E-state index in [9.17, 15) is 9.59 Å². The topological polar surface area (TPSA) is 49.9 Å². The normalized spacial score (nSPS) is 15.3. The Balaban J connectivity index is 2.57. The van der Waals surface area contributed by atoms with Crippen molar-refractivity contribution >= 4 is 11.8 Å². The second-order valence-corrected chi connectivity index (χ2v) is 5.16. The summed E-state index contributed by atoms with van der Waals surface area (Å²) < 4.78 is 5.33. The van der Waals surface area contributed by atoms with Gasteiger partial charge in [0.2, 0.25) is 5.91 Å². The quantitative estimate of drug-likeness (QED) is 0.548. The summed E-state index contributed by atoms with van der Waals surface area (Å²) in [6, 6.07) is 0.176. The van der Waals surface area contributed by atoms with Crippen molar-refractivity contribution in [3.8, 4) is 11.8 Å². The number of likely N-dealkylation sites (tertiary alicyclic amines) is 1. The summed E-state index contributed by atoms with van der Waals surface area (Å²) >= 11 is 0. The highest BCUT2D eigenvalue weighted by Crippen LogP contribution is 2.17. The lowest BCUT2D eigenvalue weighted by Gasteiger charge is -2.37. The average Bonchev–Trinajstić information content (AvgIpc) is 2.47. The fraction of sp³-hybridized carbons (Fsp3) is 0.750. The van der Waals surface area contributed by atoms with Crippen molar-refractivity contribution < 1.29 is 14.3 Å². The lowest BCUT2D eigenvalue weighted by molar-refractivity contribution is -0.132. The Morgan fingerprint density at radius 1 is 1.33 bits per heavy atom. The fourth-order valence-corrected chi connectivity index (χ4v) is 2.60. The zero-order valence-corrected chi connectivity index (χ0v) is 13.4. The van der Waals surface area contributed by atoms with Crippen LogP contribution in [0.15, 0.2) is 0 Å². The van der Waals surface area contributed by atoms with Crippen molar-refractivity contribution in [2.24, 2.45) is 0 Å². The van der Waals surface area contributed by atoms with Gasteiger partial charge in [-0.15, -0.1) is 0 Å². The molecule has 1 aliphatic heterocycles. The lowest BCUT2D eigenvalue weighted by Crippen LogP contribution is -2.48. The molecule has 1 heterocycles. The van der Waals surface area contributed by atoms with Crippen molar-refractivity contribution in [1.29, 1.82) is 0 Å². The first-order valence-electron chi connectivity index (χ1n) is 7.66. The van der Waals surface area contributed by atoms with Crippen molar-refractivity contribution in [1.82, 2.24) is 9.80 Å². The van der Waals surface area contributed by atoms with E-state index in [4.69, 9.17) is 4.74 Å². The minimum absolute atomic E-state index is 0.107. The molecule has 0 spiro atoms. The largest absolute Gasteiger partial charge is 0.382 e. The summed E-state index contributed by atoms with van der Waals surface area (Å²) in [6.45, 7) is 8.68. The van der Waals surface area contributed by atoms with E-state index in [0.717, 1.165) is 32.4 Å². The molecule has 0 N–H and O–H groups in total. The van der Waals surface area contributed by atoms with Crippen LogP contribution >= 0.6 is 0 Å². The Bertz CT molecular complexity index is 403. The molecule has 0 bridgehead atoms. The molecule has 0 aromatic heterocycles. The minimum atomic E-state index is -0.115. The monoisotopic (exact) mass is 294 g/mol. The van der Waals surface area contributed by atoms with Crippen molar-refractivity contribution in [3.63, 3.8) is 0 Å². The van der Waals surface area contributed by atoms with Crippen LogP contribution in [0.2, 0.25) is 0 Å². The predicted octanol–water partition coefficient (Wildman–Crippen LogP) is 1.28. The van der Waals surface area contributed by atoms with Crippen LogP contribution in [0.4, 0.5) is 0 Å². The third-order valence-electron chi connectivity index (χ3n) is 3.74. The number of carbonyl (C=O) groups excluding carboxylic acids is 2. The zero-order valence-electron chi connectivity index (χ0n) is 13.4. The Morgan fingerprint density at radius 2 is 2.00 bits per heavy atom. The summed E-state index contributed by atoms with van der Waals surface area (Å²) in [7, 11) is 0. The molecule has 1 fully saturated rings. The van der Waals surface area contributed by atoms with E-state index in [1.807, 2.05) is 16.7 Å². The molecule has 0 radical (unpaired) electrons. The highest BCUT2D eigenvalue weighted by Gasteiger charge is 2.27. The number of amides is 2. The third-order valence-corrected chi connectivity index (χ3v) is 3.74. The molecule has 1 rings (SSSR count). The van der Waals surface area contributed by atoms with E-state index in [2.05, 4.69) is 11.8 Å². The van der Waals surface area contributed by atoms with Gasteiger partial charge in [0.15, 0.2) is 0 Å². The van der Waals surface area contributed by atoms with E-state index in [1.54, 1.807) is 13.8 Å². The number of ether oxygens (including phenoxy) is 1. The van der Waals surface area contributed by atoms with Crippen LogP contribution in [0.25, 0.3) is 0 Å². The average molecular weight is 294 g/mol. The Hall–Kier alpha value is -1.54. The SMILES string of the molecule is CC#CC(=O)N(CCCOCC)C1CCN(C(C)=O)CC1. The molecule has 1 aliphatic rings. The van der Waals surface area contributed by atoms with Gasteiger partial charge < -0.3 is 14.5 Å². The van der Waals surface area contributed by atoms with Crippen LogP contribution in [-0.4, -0.2) is 60.5 Å². The summed E-state index contributed by atoms with van der Waals surface area (Å²) in [5.74, 6) is 5.30. The van der Waals surface area contributed by atoms with Crippen molar-refractivity contribution in [2.45, 2.75) is 46.1 Å². The Kier molecular flexibility index (Phi) is 7.84.